The first-order valence-corrected chi connectivity index (χ1v) is 6.37. The summed E-state index contributed by atoms with van der Waals surface area (Å²) in [4.78, 5) is 23.3. The van der Waals surface area contributed by atoms with Gasteiger partial charge in [0, 0.05) is 10.6 Å². The van der Waals surface area contributed by atoms with Gasteiger partial charge in [0.1, 0.15) is 0 Å². The molecule has 0 spiro atoms. The van der Waals surface area contributed by atoms with Crippen LogP contribution in [0.4, 0.5) is 0 Å². The maximum atomic E-state index is 11.7. The van der Waals surface area contributed by atoms with E-state index < -0.39 is 0 Å². The Balaban J connectivity index is 2.49. The molecule has 3 nitrogen and oxygen atoms in total. The smallest absolute Gasteiger partial charge is 0.309 e. The molecular formula is C14H17ClO3. The van der Waals surface area contributed by atoms with Gasteiger partial charge in [0.05, 0.1) is 5.92 Å². The summed E-state index contributed by atoms with van der Waals surface area (Å²) < 4.78 is 4.98. The minimum Gasteiger partial charge on any atom is -0.457 e. The molecule has 0 fully saturated rings. The van der Waals surface area contributed by atoms with Gasteiger partial charge < -0.3 is 4.74 Å². The minimum absolute atomic E-state index is 0.165. The van der Waals surface area contributed by atoms with Crippen LogP contribution in [0.3, 0.4) is 0 Å². The van der Waals surface area contributed by atoms with Crippen molar-refractivity contribution in [1.82, 2.24) is 0 Å². The SMILES string of the molecule is CCC[C@@H](C)C(=O)OCC(=O)c1cccc(Cl)c1. The van der Waals surface area contributed by atoms with Crippen molar-refractivity contribution in [2.45, 2.75) is 26.7 Å². The van der Waals surface area contributed by atoms with E-state index in [2.05, 4.69) is 0 Å². The number of esters is 1. The van der Waals surface area contributed by atoms with Crippen molar-refractivity contribution in [3.8, 4) is 0 Å². The van der Waals surface area contributed by atoms with Crippen molar-refractivity contribution < 1.29 is 14.3 Å². The first-order chi connectivity index (χ1) is 8.54. The van der Waals surface area contributed by atoms with Gasteiger partial charge in [-0.3, -0.25) is 9.59 Å². The number of hydrogen-bond acceptors (Lipinski definition) is 3. The maximum Gasteiger partial charge on any atom is 0.309 e. The van der Waals surface area contributed by atoms with Crippen molar-refractivity contribution in [3.63, 3.8) is 0 Å². The quantitative estimate of drug-likeness (QED) is 0.586. The molecule has 0 aromatic heterocycles. The van der Waals surface area contributed by atoms with E-state index in [9.17, 15) is 9.59 Å². The van der Waals surface area contributed by atoms with Crippen molar-refractivity contribution in [3.05, 3.63) is 34.9 Å². The average Bonchev–Trinajstić information content (AvgIpc) is 2.35. The minimum atomic E-state index is -0.327. The summed E-state index contributed by atoms with van der Waals surface area (Å²) in [7, 11) is 0. The van der Waals surface area contributed by atoms with Crippen LogP contribution in [0.2, 0.25) is 5.02 Å². The van der Waals surface area contributed by atoms with E-state index >= 15 is 0 Å². The van der Waals surface area contributed by atoms with E-state index in [1.54, 1.807) is 31.2 Å². The van der Waals surface area contributed by atoms with Gasteiger partial charge in [0.15, 0.2) is 12.4 Å². The Morgan fingerprint density at radius 3 is 2.72 bits per heavy atom. The predicted molar refractivity (Wildman–Crippen MR) is 70.8 cm³/mol. The van der Waals surface area contributed by atoms with Gasteiger partial charge in [-0.15, -0.1) is 0 Å². The van der Waals surface area contributed by atoms with Gasteiger partial charge in [-0.25, -0.2) is 0 Å². The molecule has 0 amide bonds. The molecule has 1 aromatic carbocycles. The van der Waals surface area contributed by atoms with E-state index in [-0.39, 0.29) is 24.3 Å². The fraction of sp³-hybridized carbons (Fsp3) is 0.429. The zero-order valence-electron chi connectivity index (χ0n) is 10.6. The molecule has 0 radical (unpaired) electrons. The zero-order chi connectivity index (χ0) is 13.5. The summed E-state index contributed by atoms with van der Waals surface area (Å²) in [5, 5.41) is 0.492. The first kappa shape index (κ1) is 14.7. The van der Waals surface area contributed by atoms with Crippen LogP contribution >= 0.6 is 11.6 Å². The summed E-state index contributed by atoms with van der Waals surface area (Å²) in [6, 6.07) is 6.59. The standard InChI is InChI=1S/C14H17ClO3/c1-3-5-10(2)14(17)18-9-13(16)11-6-4-7-12(15)8-11/h4,6-8,10H,3,5,9H2,1-2H3/t10-/m1/s1. The molecule has 0 saturated heterocycles. The molecule has 0 N–H and O–H groups in total. The Morgan fingerprint density at radius 2 is 2.11 bits per heavy atom. The fourth-order valence-electron chi connectivity index (χ4n) is 1.58. The molecule has 1 rings (SSSR count). The van der Waals surface area contributed by atoms with Gasteiger partial charge in [-0.2, -0.15) is 0 Å². The Morgan fingerprint density at radius 1 is 1.39 bits per heavy atom. The van der Waals surface area contributed by atoms with E-state index in [0.717, 1.165) is 12.8 Å². The lowest BCUT2D eigenvalue weighted by Gasteiger charge is -2.09. The van der Waals surface area contributed by atoms with Crippen molar-refractivity contribution >= 4 is 23.4 Å². The second kappa shape index (κ2) is 7.17. The van der Waals surface area contributed by atoms with Gasteiger partial charge in [-0.05, 0) is 18.6 Å². The normalized spacial score (nSPS) is 11.9. The van der Waals surface area contributed by atoms with Crippen LogP contribution in [0.25, 0.3) is 0 Å². The van der Waals surface area contributed by atoms with Crippen LogP contribution in [-0.4, -0.2) is 18.4 Å². The van der Waals surface area contributed by atoms with Gasteiger partial charge in [-0.1, -0.05) is 44.0 Å². The van der Waals surface area contributed by atoms with Gasteiger partial charge in [0.25, 0.3) is 0 Å². The Hall–Kier alpha value is -1.35. The second-order valence-corrected chi connectivity index (χ2v) is 4.67. The van der Waals surface area contributed by atoms with Crippen LogP contribution in [0, 0.1) is 5.92 Å². The van der Waals surface area contributed by atoms with Crippen molar-refractivity contribution in [2.75, 3.05) is 6.61 Å². The summed E-state index contributed by atoms with van der Waals surface area (Å²) >= 11 is 5.78. The number of carbonyl (C=O) groups is 2. The monoisotopic (exact) mass is 268 g/mol. The van der Waals surface area contributed by atoms with Crippen LogP contribution in [0.5, 0.6) is 0 Å². The number of ether oxygens (including phenoxy) is 1. The van der Waals surface area contributed by atoms with E-state index in [0.29, 0.717) is 10.6 Å². The zero-order valence-corrected chi connectivity index (χ0v) is 11.4. The van der Waals surface area contributed by atoms with Crippen molar-refractivity contribution in [1.29, 1.82) is 0 Å². The Labute approximate surface area is 112 Å². The molecular weight excluding hydrogens is 252 g/mol. The van der Waals surface area contributed by atoms with E-state index in [4.69, 9.17) is 16.3 Å². The number of carbonyl (C=O) groups excluding carboxylic acids is 2. The van der Waals surface area contributed by atoms with Crippen LogP contribution < -0.4 is 0 Å². The molecule has 0 saturated carbocycles. The molecule has 18 heavy (non-hydrogen) atoms. The van der Waals surface area contributed by atoms with Crippen LogP contribution in [-0.2, 0) is 9.53 Å². The molecule has 0 aliphatic heterocycles. The molecule has 0 bridgehead atoms. The summed E-state index contributed by atoms with van der Waals surface area (Å²) in [5.41, 5.74) is 0.457. The van der Waals surface area contributed by atoms with Crippen LogP contribution in [0.15, 0.2) is 24.3 Å². The summed E-state index contributed by atoms with van der Waals surface area (Å²) in [5.74, 6) is -0.732. The fourth-order valence-corrected chi connectivity index (χ4v) is 1.77. The van der Waals surface area contributed by atoms with E-state index in [1.165, 1.54) is 0 Å². The highest BCUT2D eigenvalue weighted by Gasteiger charge is 2.15. The molecule has 1 aromatic rings. The van der Waals surface area contributed by atoms with Crippen molar-refractivity contribution in [2.24, 2.45) is 5.92 Å². The molecule has 0 heterocycles. The lowest BCUT2D eigenvalue weighted by atomic mass is 10.1. The number of hydrogen-bond donors (Lipinski definition) is 0. The summed E-state index contributed by atoms with van der Waals surface area (Å²) in [6.07, 6.45) is 1.68. The summed E-state index contributed by atoms with van der Waals surface area (Å²) in [6.45, 7) is 3.57. The largest absolute Gasteiger partial charge is 0.457 e. The molecule has 1 atom stereocenters. The number of Topliss-reactive ketones (excluding diaryl/α,β-unsaturated/α-hetero) is 1. The molecule has 0 aliphatic carbocycles. The van der Waals surface area contributed by atoms with Crippen LogP contribution in [0.1, 0.15) is 37.0 Å². The number of rotatable bonds is 6. The highest BCUT2D eigenvalue weighted by atomic mass is 35.5. The predicted octanol–water partition coefficient (Wildman–Crippen LogP) is 3.50. The third-order valence-electron chi connectivity index (χ3n) is 2.62. The van der Waals surface area contributed by atoms with E-state index in [1.807, 2.05) is 6.92 Å². The molecule has 98 valence electrons. The average molecular weight is 269 g/mol. The van der Waals surface area contributed by atoms with Gasteiger partial charge >= 0.3 is 5.97 Å². The lowest BCUT2D eigenvalue weighted by molar-refractivity contribution is -0.146. The maximum absolute atomic E-state index is 11.7. The highest BCUT2D eigenvalue weighted by Crippen LogP contribution is 2.12. The van der Waals surface area contributed by atoms with Gasteiger partial charge in [0.2, 0.25) is 0 Å². The first-order valence-electron chi connectivity index (χ1n) is 6.00. The lowest BCUT2D eigenvalue weighted by Crippen LogP contribution is -2.19. The highest BCUT2D eigenvalue weighted by molar-refractivity contribution is 6.31. The molecule has 0 unspecified atom stereocenters. The third-order valence-corrected chi connectivity index (χ3v) is 2.85. The Bertz CT molecular complexity index is 429. The topological polar surface area (TPSA) is 43.4 Å². The molecule has 4 heteroatoms. The number of benzene rings is 1. The third kappa shape index (κ3) is 4.49. The number of ketones is 1. The molecule has 0 aliphatic rings. The Kier molecular flexibility index (Phi) is 5.86. The second-order valence-electron chi connectivity index (χ2n) is 4.23. The number of halogens is 1.